The van der Waals surface area contributed by atoms with Crippen LogP contribution in [0.1, 0.15) is 20.3 Å². The van der Waals surface area contributed by atoms with Gasteiger partial charge in [0.25, 0.3) is 0 Å². The van der Waals surface area contributed by atoms with Gasteiger partial charge in [-0.2, -0.15) is 0 Å². The van der Waals surface area contributed by atoms with Crippen molar-refractivity contribution in [1.82, 2.24) is 4.90 Å². The van der Waals surface area contributed by atoms with Crippen LogP contribution in [0.3, 0.4) is 0 Å². The molecular formula is C10H19NO2. The zero-order valence-electron chi connectivity index (χ0n) is 8.58. The van der Waals surface area contributed by atoms with E-state index in [1.54, 1.807) is 0 Å². The molecular weight excluding hydrogens is 166 g/mol. The highest BCUT2D eigenvalue weighted by Crippen LogP contribution is 2.07. The first-order valence-electron chi connectivity index (χ1n) is 4.95. The van der Waals surface area contributed by atoms with Crippen LogP contribution >= 0.6 is 0 Å². The number of hydrogen-bond acceptors (Lipinski definition) is 3. The Bertz CT molecular complexity index is 160. The molecule has 1 fully saturated rings. The van der Waals surface area contributed by atoms with E-state index in [0.29, 0.717) is 0 Å². The monoisotopic (exact) mass is 185 g/mol. The van der Waals surface area contributed by atoms with Gasteiger partial charge in [0.15, 0.2) is 0 Å². The van der Waals surface area contributed by atoms with Crippen LogP contribution < -0.4 is 0 Å². The Morgan fingerprint density at radius 1 is 1.46 bits per heavy atom. The van der Waals surface area contributed by atoms with Gasteiger partial charge in [0.2, 0.25) is 0 Å². The van der Waals surface area contributed by atoms with Crippen molar-refractivity contribution in [3.05, 3.63) is 12.0 Å². The average Bonchev–Trinajstić information content (AvgIpc) is 2.42. The second-order valence-electron chi connectivity index (χ2n) is 3.17. The van der Waals surface area contributed by atoms with Crippen LogP contribution in [0.25, 0.3) is 0 Å². The Kier molecular flexibility index (Phi) is 4.68. The van der Waals surface area contributed by atoms with Crippen LogP contribution in [0.4, 0.5) is 0 Å². The van der Waals surface area contributed by atoms with Crippen molar-refractivity contribution in [2.24, 2.45) is 0 Å². The molecule has 3 heteroatoms. The van der Waals surface area contributed by atoms with Crippen LogP contribution in [0.15, 0.2) is 12.0 Å². The van der Waals surface area contributed by atoms with E-state index in [0.717, 1.165) is 39.3 Å². The fraction of sp³-hybridized carbons (Fsp3) is 0.800. The van der Waals surface area contributed by atoms with Crippen LogP contribution in [0.5, 0.6) is 0 Å². The molecule has 0 aromatic heterocycles. The summed E-state index contributed by atoms with van der Waals surface area (Å²) in [4.78, 5) is 2.31. The van der Waals surface area contributed by atoms with Gasteiger partial charge in [0.05, 0.1) is 13.2 Å². The van der Waals surface area contributed by atoms with E-state index >= 15 is 0 Å². The minimum atomic E-state index is 0.738. The average molecular weight is 185 g/mol. The Morgan fingerprint density at radius 3 is 3.08 bits per heavy atom. The summed E-state index contributed by atoms with van der Waals surface area (Å²) in [6.07, 6.45) is 2.95. The predicted octanol–water partition coefficient (Wildman–Crippen LogP) is 1.61. The van der Waals surface area contributed by atoms with Crippen molar-refractivity contribution in [2.75, 3.05) is 32.9 Å². The third-order valence-electron chi connectivity index (χ3n) is 2.14. The maximum absolute atomic E-state index is 5.37. The van der Waals surface area contributed by atoms with Gasteiger partial charge in [-0.3, -0.25) is 0 Å². The molecule has 0 N–H and O–H groups in total. The fourth-order valence-electron chi connectivity index (χ4n) is 1.38. The van der Waals surface area contributed by atoms with E-state index in [1.165, 1.54) is 5.70 Å². The minimum absolute atomic E-state index is 0.738. The maximum atomic E-state index is 5.37. The first-order chi connectivity index (χ1) is 6.34. The zero-order chi connectivity index (χ0) is 9.52. The molecule has 1 saturated heterocycles. The van der Waals surface area contributed by atoms with E-state index < -0.39 is 0 Å². The molecule has 0 radical (unpaired) electrons. The summed E-state index contributed by atoms with van der Waals surface area (Å²) in [5.74, 6) is 0. The van der Waals surface area contributed by atoms with E-state index in [2.05, 4.69) is 11.8 Å². The molecule has 0 saturated carbocycles. The van der Waals surface area contributed by atoms with Gasteiger partial charge in [0.1, 0.15) is 6.26 Å². The number of nitrogens with zero attached hydrogens (tertiary/aromatic N) is 1. The van der Waals surface area contributed by atoms with Crippen molar-refractivity contribution >= 4 is 0 Å². The molecule has 76 valence electrons. The quantitative estimate of drug-likeness (QED) is 0.623. The summed E-state index contributed by atoms with van der Waals surface area (Å²) >= 11 is 0. The Labute approximate surface area is 80.3 Å². The van der Waals surface area contributed by atoms with Crippen molar-refractivity contribution in [1.29, 1.82) is 0 Å². The van der Waals surface area contributed by atoms with Crippen molar-refractivity contribution in [3.63, 3.8) is 0 Å². The van der Waals surface area contributed by atoms with Crippen molar-refractivity contribution in [3.8, 4) is 0 Å². The second-order valence-corrected chi connectivity index (χ2v) is 3.17. The summed E-state index contributed by atoms with van der Waals surface area (Å²) in [6.45, 7) is 8.60. The van der Waals surface area contributed by atoms with Crippen LogP contribution in [0.2, 0.25) is 0 Å². The molecule has 0 atom stereocenters. The molecule has 1 heterocycles. The summed E-state index contributed by atoms with van der Waals surface area (Å²) in [6, 6.07) is 0. The van der Waals surface area contributed by atoms with Gasteiger partial charge < -0.3 is 14.4 Å². The summed E-state index contributed by atoms with van der Waals surface area (Å²) in [7, 11) is 0. The van der Waals surface area contributed by atoms with E-state index in [1.807, 2.05) is 13.2 Å². The zero-order valence-corrected chi connectivity index (χ0v) is 8.58. The van der Waals surface area contributed by atoms with Crippen LogP contribution in [0, 0.1) is 0 Å². The highest BCUT2D eigenvalue weighted by atomic mass is 16.5. The fourth-order valence-corrected chi connectivity index (χ4v) is 1.38. The van der Waals surface area contributed by atoms with E-state index in [-0.39, 0.29) is 0 Å². The highest BCUT2D eigenvalue weighted by Gasteiger charge is 2.08. The molecule has 0 amide bonds. The standard InChI is InChI=1S/C10H19NO2/c1-3-12-9-10(2)11-5-4-7-13-8-6-11/h9H,3-8H2,1-2H3/b10-9-. The second kappa shape index (κ2) is 5.86. The van der Waals surface area contributed by atoms with Crippen molar-refractivity contribution < 1.29 is 9.47 Å². The van der Waals surface area contributed by atoms with Gasteiger partial charge in [-0.15, -0.1) is 0 Å². The largest absolute Gasteiger partial charge is 0.500 e. The molecule has 0 spiro atoms. The first-order valence-corrected chi connectivity index (χ1v) is 4.95. The highest BCUT2D eigenvalue weighted by molar-refractivity contribution is 4.93. The molecule has 0 aromatic carbocycles. The lowest BCUT2D eigenvalue weighted by atomic mass is 10.3. The topological polar surface area (TPSA) is 21.7 Å². The molecule has 3 nitrogen and oxygen atoms in total. The third kappa shape index (κ3) is 3.68. The van der Waals surface area contributed by atoms with Gasteiger partial charge in [-0.25, -0.2) is 0 Å². The normalized spacial score (nSPS) is 19.8. The van der Waals surface area contributed by atoms with Gasteiger partial charge in [-0.05, 0) is 20.3 Å². The van der Waals surface area contributed by atoms with Gasteiger partial charge in [-0.1, -0.05) is 0 Å². The predicted molar refractivity (Wildman–Crippen MR) is 52.4 cm³/mol. The number of ether oxygens (including phenoxy) is 2. The number of rotatable bonds is 3. The molecule has 0 unspecified atom stereocenters. The van der Waals surface area contributed by atoms with Gasteiger partial charge in [0, 0.05) is 25.4 Å². The first kappa shape index (κ1) is 10.4. The molecule has 0 bridgehead atoms. The smallest absolute Gasteiger partial charge is 0.102 e. The van der Waals surface area contributed by atoms with Crippen LogP contribution in [-0.4, -0.2) is 37.8 Å². The maximum Gasteiger partial charge on any atom is 0.102 e. The van der Waals surface area contributed by atoms with E-state index in [4.69, 9.17) is 9.47 Å². The molecule has 1 aliphatic rings. The third-order valence-corrected chi connectivity index (χ3v) is 2.14. The molecule has 0 aromatic rings. The molecule has 0 aliphatic carbocycles. The number of hydrogen-bond donors (Lipinski definition) is 0. The lowest BCUT2D eigenvalue weighted by molar-refractivity contribution is 0.144. The SMILES string of the molecule is CCO/C=C(/C)N1CCCOCC1. The molecule has 1 aliphatic heterocycles. The Hall–Kier alpha value is -0.700. The molecule has 13 heavy (non-hydrogen) atoms. The lowest BCUT2D eigenvalue weighted by Crippen LogP contribution is -2.24. The Morgan fingerprint density at radius 2 is 2.31 bits per heavy atom. The summed E-state index contributed by atoms with van der Waals surface area (Å²) in [5.41, 5.74) is 1.20. The van der Waals surface area contributed by atoms with E-state index in [9.17, 15) is 0 Å². The van der Waals surface area contributed by atoms with Crippen molar-refractivity contribution in [2.45, 2.75) is 20.3 Å². The summed E-state index contributed by atoms with van der Waals surface area (Å²) in [5, 5.41) is 0. The molecule has 1 rings (SSSR count). The van der Waals surface area contributed by atoms with Crippen LogP contribution in [-0.2, 0) is 9.47 Å². The van der Waals surface area contributed by atoms with Gasteiger partial charge >= 0.3 is 0 Å². The number of allylic oxidation sites excluding steroid dienone is 1. The lowest BCUT2D eigenvalue weighted by Gasteiger charge is -2.21. The summed E-state index contributed by atoms with van der Waals surface area (Å²) < 4.78 is 10.6. The Balaban J connectivity index is 2.38. The minimum Gasteiger partial charge on any atom is -0.500 e.